The molecule has 2 nitrogen and oxygen atoms in total. The van der Waals surface area contributed by atoms with Crippen molar-refractivity contribution < 1.29 is 13.6 Å². The van der Waals surface area contributed by atoms with Crippen LogP contribution in [0.15, 0.2) is 66.7 Å². The molecule has 27 heavy (non-hydrogen) atoms. The number of benzene rings is 3. The van der Waals surface area contributed by atoms with Crippen LogP contribution < -0.4 is 0 Å². The first-order valence-corrected chi connectivity index (χ1v) is 9.03. The fourth-order valence-corrected chi connectivity index (χ4v) is 3.90. The maximum Gasteiger partial charge on any atom is 0.260 e. The molecule has 1 atom stereocenters. The molecule has 0 aromatic heterocycles. The number of rotatable bonds is 2. The molecule has 0 fully saturated rings. The standard InChI is InChI=1S/C22H16ClF2NO/c23-17-9-4-3-8-16(17)21-15-7-2-1-6-14(15)12-13-26(21)22(27)20-18(24)10-5-11-19(20)25/h1-11,21H,12-13H2/t21-/m1/s1. The van der Waals surface area contributed by atoms with Crippen molar-refractivity contribution in [3.8, 4) is 0 Å². The second kappa shape index (κ2) is 7.12. The Labute approximate surface area is 161 Å². The molecular formula is C22H16ClF2NO. The highest BCUT2D eigenvalue weighted by Crippen LogP contribution is 2.39. The molecule has 1 amide bonds. The fraction of sp³-hybridized carbons (Fsp3) is 0.136. The number of halogens is 3. The third kappa shape index (κ3) is 3.10. The van der Waals surface area contributed by atoms with Crippen LogP contribution in [-0.2, 0) is 6.42 Å². The van der Waals surface area contributed by atoms with Crippen molar-refractivity contribution in [2.45, 2.75) is 12.5 Å². The Bertz CT molecular complexity index is 1000. The molecule has 1 heterocycles. The van der Waals surface area contributed by atoms with Crippen molar-refractivity contribution in [3.05, 3.63) is 106 Å². The van der Waals surface area contributed by atoms with Crippen LogP contribution in [0.2, 0.25) is 5.02 Å². The van der Waals surface area contributed by atoms with E-state index in [9.17, 15) is 13.6 Å². The molecule has 1 aliphatic heterocycles. The summed E-state index contributed by atoms with van der Waals surface area (Å²) in [5, 5.41) is 0.506. The summed E-state index contributed by atoms with van der Waals surface area (Å²) in [5.41, 5.74) is 2.22. The van der Waals surface area contributed by atoms with Crippen molar-refractivity contribution in [2.75, 3.05) is 6.54 Å². The molecule has 136 valence electrons. The summed E-state index contributed by atoms with van der Waals surface area (Å²) in [6.07, 6.45) is 0.610. The number of hydrogen-bond acceptors (Lipinski definition) is 1. The molecule has 0 saturated heterocycles. The summed E-state index contributed by atoms with van der Waals surface area (Å²) >= 11 is 6.42. The van der Waals surface area contributed by atoms with Crippen molar-refractivity contribution in [1.82, 2.24) is 4.90 Å². The van der Waals surface area contributed by atoms with Gasteiger partial charge >= 0.3 is 0 Å². The molecule has 1 aliphatic rings. The van der Waals surface area contributed by atoms with Crippen LogP contribution in [0.25, 0.3) is 0 Å². The molecule has 0 N–H and O–H groups in total. The Morgan fingerprint density at radius 2 is 1.52 bits per heavy atom. The maximum atomic E-state index is 14.2. The zero-order chi connectivity index (χ0) is 19.0. The smallest absolute Gasteiger partial charge is 0.260 e. The average molecular weight is 384 g/mol. The SMILES string of the molecule is O=C(c1c(F)cccc1F)N1CCc2ccccc2[C@@H]1c1ccccc1Cl. The van der Waals surface area contributed by atoms with Gasteiger partial charge in [-0.05, 0) is 41.3 Å². The minimum atomic E-state index is -0.864. The first-order valence-electron chi connectivity index (χ1n) is 8.65. The maximum absolute atomic E-state index is 14.2. The van der Waals surface area contributed by atoms with Crippen LogP contribution in [-0.4, -0.2) is 17.4 Å². The summed E-state index contributed by atoms with van der Waals surface area (Å²) < 4.78 is 28.5. The van der Waals surface area contributed by atoms with E-state index in [0.29, 0.717) is 18.0 Å². The third-order valence-corrected chi connectivity index (χ3v) is 5.26. The zero-order valence-corrected chi connectivity index (χ0v) is 15.1. The summed E-state index contributed by atoms with van der Waals surface area (Å²) in [6.45, 7) is 0.347. The van der Waals surface area contributed by atoms with E-state index >= 15 is 0 Å². The van der Waals surface area contributed by atoms with Crippen molar-refractivity contribution >= 4 is 17.5 Å². The molecule has 0 saturated carbocycles. The van der Waals surface area contributed by atoms with E-state index in [1.54, 1.807) is 6.07 Å². The first-order chi connectivity index (χ1) is 13.1. The van der Waals surface area contributed by atoms with E-state index in [1.807, 2.05) is 42.5 Å². The molecule has 0 unspecified atom stereocenters. The summed E-state index contributed by atoms with van der Waals surface area (Å²) in [5.74, 6) is -2.40. The van der Waals surface area contributed by atoms with Crippen LogP contribution in [0.5, 0.6) is 0 Å². The highest BCUT2D eigenvalue weighted by molar-refractivity contribution is 6.31. The van der Waals surface area contributed by atoms with E-state index in [0.717, 1.165) is 28.8 Å². The lowest BCUT2D eigenvalue weighted by molar-refractivity contribution is 0.0684. The largest absolute Gasteiger partial charge is 0.327 e. The van der Waals surface area contributed by atoms with Gasteiger partial charge in [-0.3, -0.25) is 4.79 Å². The molecule has 3 aromatic carbocycles. The Balaban J connectivity index is 1.87. The fourth-order valence-electron chi connectivity index (χ4n) is 3.66. The Morgan fingerprint density at radius 3 is 2.22 bits per heavy atom. The van der Waals surface area contributed by atoms with Crippen molar-refractivity contribution in [2.24, 2.45) is 0 Å². The third-order valence-electron chi connectivity index (χ3n) is 4.92. The topological polar surface area (TPSA) is 20.3 Å². The Morgan fingerprint density at radius 1 is 0.889 bits per heavy atom. The lowest BCUT2D eigenvalue weighted by atomic mass is 9.87. The molecule has 4 rings (SSSR count). The average Bonchev–Trinajstić information content (AvgIpc) is 2.67. The number of carbonyl (C=O) groups is 1. The van der Waals surface area contributed by atoms with Gasteiger partial charge in [0.2, 0.25) is 0 Å². The second-order valence-corrected chi connectivity index (χ2v) is 6.88. The van der Waals surface area contributed by atoms with E-state index < -0.39 is 29.1 Å². The van der Waals surface area contributed by atoms with Crippen molar-refractivity contribution in [1.29, 1.82) is 0 Å². The van der Waals surface area contributed by atoms with Gasteiger partial charge in [0.05, 0.1) is 6.04 Å². The van der Waals surface area contributed by atoms with Crippen LogP contribution in [0.3, 0.4) is 0 Å². The molecule has 3 aromatic rings. The van der Waals surface area contributed by atoms with E-state index in [1.165, 1.54) is 11.0 Å². The molecule has 0 radical (unpaired) electrons. The highest BCUT2D eigenvalue weighted by atomic mass is 35.5. The van der Waals surface area contributed by atoms with Gasteiger partial charge in [0, 0.05) is 11.6 Å². The van der Waals surface area contributed by atoms with E-state index in [4.69, 9.17) is 11.6 Å². The predicted molar refractivity (Wildman–Crippen MR) is 101 cm³/mol. The van der Waals surface area contributed by atoms with Crippen molar-refractivity contribution in [3.63, 3.8) is 0 Å². The van der Waals surface area contributed by atoms with E-state index in [2.05, 4.69) is 0 Å². The molecule has 0 spiro atoms. The number of hydrogen-bond donors (Lipinski definition) is 0. The number of amides is 1. The summed E-state index contributed by atoms with van der Waals surface area (Å²) in [7, 11) is 0. The van der Waals surface area contributed by atoms with Crippen LogP contribution in [0.4, 0.5) is 8.78 Å². The quantitative estimate of drug-likeness (QED) is 0.579. The molecule has 0 bridgehead atoms. The molecular weight excluding hydrogens is 368 g/mol. The van der Waals surface area contributed by atoms with Gasteiger partial charge in [-0.1, -0.05) is 60.1 Å². The van der Waals surface area contributed by atoms with Gasteiger partial charge in [-0.15, -0.1) is 0 Å². The van der Waals surface area contributed by atoms with Crippen LogP contribution in [0.1, 0.15) is 33.1 Å². The second-order valence-electron chi connectivity index (χ2n) is 6.47. The monoisotopic (exact) mass is 383 g/mol. The number of fused-ring (bicyclic) bond motifs is 1. The van der Waals surface area contributed by atoms with E-state index in [-0.39, 0.29) is 0 Å². The van der Waals surface area contributed by atoms with Gasteiger partial charge in [0.15, 0.2) is 0 Å². The first kappa shape index (κ1) is 17.7. The van der Waals surface area contributed by atoms with Crippen LogP contribution >= 0.6 is 11.6 Å². The van der Waals surface area contributed by atoms with Gasteiger partial charge < -0.3 is 4.90 Å². The number of carbonyl (C=O) groups excluding carboxylic acids is 1. The minimum Gasteiger partial charge on any atom is -0.327 e. The summed E-state index contributed by atoms with van der Waals surface area (Å²) in [4.78, 5) is 14.7. The van der Waals surface area contributed by atoms with Gasteiger partial charge in [0.25, 0.3) is 5.91 Å². The number of nitrogens with zero attached hydrogens (tertiary/aromatic N) is 1. The minimum absolute atomic E-state index is 0.347. The molecule has 0 aliphatic carbocycles. The van der Waals surface area contributed by atoms with Gasteiger partial charge in [0.1, 0.15) is 17.2 Å². The zero-order valence-electron chi connectivity index (χ0n) is 14.3. The lowest BCUT2D eigenvalue weighted by Crippen LogP contribution is -2.41. The predicted octanol–water partition coefficient (Wildman–Crippen LogP) is 5.41. The van der Waals surface area contributed by atoms with Crippen LogP contribution in [0, 0.1) is 11.6 Å². The Kier molecular flexibility index (Phi) is 4.66. The van der Waals surface area contributed by atoms with Gasteiger partial charge in [-0.2, -0.15) is 0 Å². The lowest BCUT2D eigenvalue weighted by Gasteiger charge is -2.38. The molecule has 5 heteroatoms. The summed E-state index contributed by atoms with van der Waals surface area (Å²) in [6, 6.07) is 17.9. The van der Waals surface area contributed by atoms with Gasteiger partial charge in [-0.25, -0.2) is 8.78 Å². The Hall–Kier alpha value is -2.72. The normalized spacial score (nSPS) is 16.1. The highest BCUT2D eigenvalue weighted by Gasteiger charge is 2.35.